The van der Waals surface area contributed by atoms with Gasteiger partial charge in [-0.25, -0.2) is 4.79 Å². The van der Waals surface area contributed by atoms with Gasteiger partial charge in [0.15, 0.2) is 5.78 Å². The average molecular weight is 168 g/mol. The summed E-state index contributed by atoms with van der Waals surface area (Å²) in [4.78, 5) is 19.6. The molecule has 3 heteroatoms. The van der Waals surface area contributed by atoms with Gasteiger partial charge in [0, 0.05) is 12.5 Å². The van der Waals surface area contributed by atoms with Crippen LogP contribution < -0.4 is 0 Å². The molecule has 0 aromatic heterocycles. The molecule has 0 aliphatic heterocycles. The highest BCUT2D eigenvalue weighted by Crippen LogP contribution is 2.26. The topological polar surface area (TPSA) is 54.4 Å². The molecule has 0 heterocycles. The van der Waals surface area contributed by atoms with Crippen molar-refractivity contribution < 1.29 is 14.7 Å². The minimum atomic E-state index is -0.981. The van der Waals surface area contributed by atoms with E-state index in [1.807, 2.05) is 6.92 Å². The van der Waals surface area contributed by atoms with Crippen LogP contribution in [0.4, 0.5) is 0 Å². The van der Waals surface area contributed by atoms with Crippen molar-refractivity contribution in [1.82, 2.24) is 0 Å². The normalized spacial score (nSPS) is 20.2. The van der Waals surface area contributed by atoms with E-state index in [1.165, 1.54) is 0 Å². The number of carboxylic acids is 1. The molecule has 3 nitrogen and oxygen atoms in total. The smallest absolute Gasteiger partial charge is 0.327 e. The molecule has 0 saturated heterocycles. The highest BCUT2D eigenvalue weighted by atomic mass is 16.4. The first kappa shape index (κ1) is 10.6. The van der Waals surface area contributed by atoms with Gasteiger partial charge >= 0.3 is 5.97 Å². The Morgan fingerprint density at radius 1 is 1.75 bits per heavy atom. The van der Waals surface area contributed by atoms with E-state index in [1.54, 1.807) is 0 Å². The van der Waals surface area contributed by atoms with Gasteiger partial charge in [0.1, 0.15) is 0 Å². The lowest BCUT2D eigenvalue weighted by atomic mass is 9.81. The second-order valence-electron chi connectivity index (χ2n) is 2.60. The number of allylic oxidation sites excluding steroid dienone is 1. The maximum Gasteiger partial charge on any atom is 0.327 e. The zero-order chi connectivity index (χ0) is 9.72. The second-order valence-corrected chi connectivity index (χ2v) is 2.60. The molecule has 12 heavy (non-hydrogen) atoms. The second kappa shape index (κ2) is 4.49. The minimum absolute atomic E-state index is 0.243. The van der Waals surface area contributed by atoms with E-state index in [9.17, 15) is 9.59 Å². The quantitative estimate of drug-likeness (QED) is 0.602. The number of carbonyl (C=O) groups is 2. The Bertz CT molecular complexity index is 228. The molecular weight excluding hydrogens is 156 g/mol. The van der Waals surface area contributed by atoms with Gasteiger partial charge in [-0.05, 0) is 11.5 Å². The molecule has 1 saturated carbocycles. The van der Waals surface area contributed by atoms with Gasteiger partial charge in [0.2, 0.25) is 0 Å². The van der Waals surface area contributed by atoms with Crippen LogP contribution in [0, 0.1) is 5.92 Å². The molecule has 0 spiro atoms. The first-order valence-electron chi connectivity index (χ1n) is 3.56. The third-order valence-electron chi connectivity index (χ3n) is 1.62. The Labute approximate surface area is 71.4 Å². The van der Waals surface area contributed by atoms with Gasteiger partial charge in [-0.3, -0.25) is 4.79 Å². The van der Waals surface area contributed by atoms with Crippen LogP contribution in [0.1, 0.15) is 13.3 Å². The van der Waals surface area contributed by atoms with Crippen LogP contribution in [0.5, 0.6) is 0 Å². The molecule has 1 rings (SSSR count). The van der Waals surface area contributed by atoms with Crippen LogP contribution in [0.3, 0.4) is 0 Å². The molecule has 1 aliphatic rings. The molecule has 0 aromatic rings. The van der Waals surface area contributed by atoms with Crippen LogP contribution in [-0.4, -0.2) is 16.9 Å². The SMILES string of the molecule is C=C1C(=O)CC1C.C=CC(=O)O. The summed E-state index contributed by atoms with van der Waals surface area (Å²) in [6.07, 6.45) is 1.55. The van der Waals surface area contributed by atoms with Crippen molar-refractivity contribution in [3.63, 3.8) is 0 Å². The van der Waals surface area contributed by atoms with Gasteiger partial charge in [-0.15, -0.1) is 0 Å². The van der Waals surface area contributed by atoms with Crippen LogP contribution in [-0.2, 0) is 9.59 Å². The number of aliphatic carboxylic acids is 1. The Morgan fingerprint density at radius 2 is 2.17 bits per heavy atom. The summed E-state index contributed by atoms with van der Waals surface area (Å²) in [5.74, 6) is -0.273. The van der Waals surface area contributed by atoms with Crippen molar-refractivity contribution in [2.45, 2.75) is 13.3 Å². The molecule has 1 fully saturated rings. The fraction of sp³-hybridized carbons (Fsp3) is 0.333. The van der Waals surface area contributed by atoms with Crippen molar-refractivity contribution in [2.75, 3.05) is 0 Å². The minimum Gasteiger partial charge on any atom is -0.478 e. The number of hydrogen-bond acceptors (Lipinski definition) is 2. The van der Waals surface area contributed by atoms with Crippen LogP contribution in [0.15, 0.2) is 24.8 Å². The lowest BCUT2D eigenvalue weighted by Crippen LogP contribution is -2.23. The summed E-state index contributed by atoms with van der Waals surface area (Å²) >= 11 is 0. The average Bonchev–Trinajstić information content (AvgIpc) is 2.05. The summed E-state index contributed by atoms with van der Waals surface area (Å²) in [6.45, 7) is 8.55. The molecule has 1 aliphatic carbocycles. The molecule has 1 unspecified atom stereocenters. The lowest BCUT2D eigenvalue weighted by molar-refractivity contribution is -0.131. The summed E-state index contributed by atoms with van der Waals surface area (Å²) in [6, 6.07) is 0. The number of rotatable bonds is 1. The van der Waals surface area contributed by atoms with Gasteiger partial charge in [-0.2, -0.15) is 0 Å². The highest BCUT2D eigenvalue weighted by molar-refractivity contribution is 6.01. The summed E-state index contributed by atoms with van der Waals surface area (Å²) in [7, 11) is 0. The van der Waals surface area contributed by atoms with Crippen LogP contribution >= 0.6 is 0 Å². The van der Waals surface area contributed by atoms with Gasteiger partial charge in [-0.1, -0.05) is 20.1 Å². The van der Waals surface area contributed by atoms with Gasteiger partial charge < -0.3 is 5.11 Å². The van der Waals surface area contributed by atoms with E-state index in [2.05, 4.69) is 13.2 Å². The van der Waals surface area contributed by atoms with E-state index in [0.717, 1.165) is 18.1 Å². The van der Waals surface area contributed by atoms with E-state index in [4.69, 9.17) is 5.11 Å². The summed E-state index contributed by atoms with van der Waals surface area (Å²) in [5, 5.41) is 7.60. The Hall–Kier alpha value is -1.38. The maximum atomic E-state index is 10.3. The zero-order valence-electron chi connectivity index (χ0n) is 7.04. The molecule has 0 bridgehead atoms. The highest BCUT2D eigenvalue weighted by Gasteiger charge is 2.26. The monoisotopic (exact) mass is 168 g/mol. The van der Waals surface area contributed by atoms with Crippen LogP contribution in [0.25, 0.3) is 0 Å². The third-order valence-corrected chi connectivity index (χ3v) is 1.62. The zero-order valence-corrected chi connectivity index (χ0v) is 7.04. The molecular formula is C9H12O3. The molecule has 66 valence electrons. The van der Waals surface area contributed by atoms with E-state index in [-0.39, 0.29) is 5.78 Å². The summed E-state index contributed by atoms with van der Waals surface area (Å²) < 4.78 is 0. The summed E-state index contributed by atoms with van der Waals surface area (Å²) in [5.41, 5.74) is 0.806. The number of carboxylic acid groups (broad SMARTS) is 1. The van der Waals surface area contributed by atoms with Gasteiger partial charge in [0.25, 0.3) is 0 Å². The lowest BCUT2D eigenvalue weighted by Gasteiger charge is -2.21. The molecule has 0 amide bonds. The fourth-order valence-electron chi connectivity index (χ4n) is 0.676. The van der Waals surface area contributed by atoms with Crippen molar-refractivity contribution >= 4 is 11.8 Å². The number of carbonyl (C=O) groups excluding carboxylic acids is 1. The largest absolute Gasteiger partial charge is 0.478 e. The van der Waals surface area contributed by atoms with E-state index < -0.39 is 5.97 Å². The van der Waals surface area contributed by atoms with Crippen molar-refractivity contribution in [1.29, 1.82) is 0 Å². The Kier molecular flexibility index (Phi) is 3.97. The van der Waals surface area contributed by atoms with Crippen molar-refractivity contribution in [3.8, 4) is 0 Å². The van der Waals surface area contributed by atoms with E-state index >= 15 is 0 Å². The maximum absolute atomic E-state index is 10.3. The number of hydrogen-bond donors (Lipinski definition) is 1. The first-order chi connectivity index (χ1) is 5.49. The molecule has 0 aromatic carbocycles. The van der Waals surface area contributed by atoms with Crippen LogP contribution in [0.2, 0.25) is 0 Å². The fourth-order valence-corrected chi connectivity index (χ4v) is 0.676. The predicted molar refractivity (Wildman–Crippen MR) is 45.8 cm³/mol. The predicted octanol–water partition coefficient (Wildman–Crippen LogP) is 1.41. The standard InChI is InChI=1S/C6H8O.C3H4O2/c1-4-3-6(7)5(4)2;1-2-3(4)5/h4H,2-3H2,1H3;2H,1H2,(H,4,5). The molecule has 1 N–H and O–H groups in total. The number of Topliss-reactive ketones (excluding diaryl/α,β-unsaturated/α-hetero) is 1. The van der Waals surface area contributed by atoms with E-state index in [0.29, 0.717) is 5.92 Å². The Morgan fingerprint density at radius 3 is 2.17 bits per heavy atom. The molecule has 0 radical (unpaired) electrons. The van der Waals surface area contributed by atoms with Crippen molar-refractivity contribution in [2.24, 2.45) is 5.92 Å². The third kappa shape index (κ3) is 3.14. The Balaban J connectivity index is 0.000000217. The number of ketones is 1. The first-order valence-corrected chi connectivity index (χ1v) is 3.56. The van der Waals surface area contributed by atoms with Crippen molar-refractivity contribution in [3.05, 3.63) is 24.8 Å². The van der Waals surface area contributed by atoms with Gasteiger partial charge in [0.05, 0.1) is 0 Å². The molecule has 1 atom stereocenters.